The number of β-amino-alcohol motifs (C(OH)–C–C–N with tert-alkyl or cyclic N) is 1. The number of halogens is 2. The summed E-state index contributed by atoms with van der Waals surface area (Å²) in [5, 5.41) is 9.25. The van der Waals surface area contributed by atoms with Gasteiger partial charge in [-0.2, -0.15) is 0 Å². The molecule has 1 fully saturated rings. The maximum Gasteiger partial charge on any atom is 0.132 e. The predicted molar refractivity (Wildman–Crippen MR) is 77.5 cm³/mol. The van der Waals surface area contributed by atoms with Gasteiger partial charge in [0, 0.05) is 37.2 Å². The highest BCUT2D eigenvalue weighted by Gasteiger charge is 2.27. The molecule has 1 unspecified atom stereocenters. The molecule has 3 nitrogen and oxygen atoms in total. The van der Waals surface area contributed by atoms with Gasteiger partial charge in [0.25, 0.3) is 0 Å². The summed E-state index contributed by atoms with van der Waals surface area (Å²) in [6.45, 7) is 4.32. The van der Waals surface area contributed by atoms with Crippen LogP contribution in [-0.2, 0) is 4.79 Å². The summed E-state index contributed by atoms with van der Waals surface area (Å²) in [6, 6.07) is 2.62. The van der Waals surface area contributed by atoms with Crippen molar-refractivity contribution < 1.29 is 18.7 Å². The van der Waals surface area contributed by atoms with Crippen LogP contribution in [0.2, 0.25) is 0 Å². The van der Waals surface area contributed by atoms with Gasteiger partial charge in [0.15, 0.2) is 0 Å². The summed E-state index contributed by atoms with van der Waals surface area (Å²) in [5.41, 5.74) is 0.500. The molecule has 0 aromatic heterocycles. The molecule has 0 saturated carbocycles. The SMILES string of the molecule is CCC(=O)CCC(C)c1c(F)cc(N2CC(O)C2)cc1F. The zero-order valence-corrected chi connectivity index (χ0v) is 12.4. The minimum Gasteiger partial charge on any atom is -0.389 e. The van der Waals surface area contributed by atoms with Crippen LogP contribution < -0.4 is 4.90 Å². The van der Waals surface area contributed by atoms with Gasteiger partial charge in [-0.05, 0) is 24.5 Å². The number of carbonyl (C=O) groups is 1. The average molecular weight is 297 g/mol. The van der Waals surface area contributed by atoms with Crippen LogP contribution in [0.5, 0.6) is 0 Å². The van der Waals surface area contributed by atoms with Crippen LogP contribution in [0.4, 0.5) is 14.5 Å². The Hall–Kier alpha value is -1.49. The first-order valence-corrected chi connectivity index (χ1v) is 7.36. The summed E-state index contributed by atoms with van der Waals surface area (Å²) < 4.78 is 28.3. The zero-order valence-electron chi connectivity index (χ0n) is 12.4. The number of aliphatic hydroxyl groups is 1. The van der Waals surface area contributed by atoms with Crippen LogP contribution in [0, 0.1) is 11.6 Å². The Morgan fingerprint density at radius 3 is 2.43 bits per heavy atom. The largest absolute Gasteiger partial charge is 0.389 e. The van der Waals surface area contributed by atoms with Gasteiger partial charge < -0.3 is 10.0 Å². The molecule has 0 bridgehead atoms. The van der Waals surface area contributed by atoms with E-state index in [1.165, 1.54) is 12.1 Å². The average Bonchev–Trinajstić information content (AvgIpc) is 2.40. The van der Waals surface area contributed by atoms with Gasteiger partial charge in [-0.15, -0.1) is 0 Å². The first-order valence-electron chi connectivity index (χ1n) is 7.36. The second kappa shape index (κ2) is 6.52. The molecule has 0 radical (unpaired) electrons. The van der Waals surface area contributed by atoms with Crippen molar-refractivity contribution in [3.63, 3.8) is 0 Å². The Morgan fingerprint density at radius 1 is 1.38 bits per heavy atom. The number of aliphatic hydroxyl groups excluding tert-OH is 1. The topological polar surface area (TPSA) is 40.5 Å². The molecule has 1 heterocycles. The molecule has 1 N–H and O–H groups in total. The van der Waals surface area contributed by atoms with E-state index in [1.54, 1.807) is 18.7 Å². The van der Waals surface area contributed by atoms with Gasteiger partial charge in [0.1, 0.15) is 17.4 Å². The van der Waals surface area contributed by atoms with Gasteiger partial charge in [-0.1, -0.05) is 13.8 Å². The summed E-state index contributed by atoms with van der Waals surface area (Å²) in [7, 11) is 0. The number of carbonyl (C=O) groups excluding carboxylic acids is 1. The highest BCUT2D eigenvalue weighted by molar-refractivity contribution is 5.78. The highest BCUT2D eigenvalue weighted by Crippen LogP contribution is 2.31. The van der Waals surface area contributed by atoms with Crippen molar-refractivity contribution >= 4 is 11.5 Å². The minimum absolute atomic E-state index is 0.0451. The van der Waals surface area contributed by atoms with Crippen LogP contribution >= 0.6 is 0 Å². The van der Waals surface area contributed by atoms with Crippen LogP contribution in [0.25, 0.3) is 0 Å². The molecule has 21 heavy (non-hydrogen) atoms. The maximum atomic E-state index is 14.2. The van der Waals surface area contributed by atoms with Crippen LogP contribution in [-0.4, -0.2) is 30.1 Å². The Bertz CT molecular complexity index is 504. The fourth-order valence-electron chi connectivity index (χ4n) is 2.59. The lowest BCUT2D eigenvalue weighted by atomic mass is 9.93. The number of anilines is 1. The summed E-state index contributed by atoms with van der Waals surface area (Å²) in [4.78, 5) is 13.0. The van der Waals surface area contributed by atoms with Crippen molar-refractivity contribution in [3.8, 4) is 0 Å². The lowest BCUT2D eigenvalue weighted by Gasteiger charge is -2.38. The molecule has 1 aromatic rings. The molecule has 0 aliphatic carbocycles. The fraction of sp³-hybridized carbons (Fsp3) is 0.562. The molecule has 1 aromatic carbocycles. The van der Waals surface area contributed by atoms with Crippen molar-refractivity contribution in [1.82, 2.24) is 0 Å². The standard InChI is InChI=1S/C16H21F2NO2/c1-3-12(20)5-4-10(2)16-14(17)6-11(7-15(16)18)19-8-13(21)9-19/h6-7,10,13,21H,3-5,8-9H2,1-2H3. The molecule has 0 amide bonds. The number of hydrogen-bond donors (Lipinski definition) is 1. The van der Waals surface area contributed by atoms with E-state index in [4.69, 9.17) is 0 Å². The molecule has 0 spiro atoms. The molecule has 5 heteroatoms. The molecule has 1 aliphatic rings. The summed E-state index contributed by atoms with van der Waals surface area (Å²) in [6.07, 6.45) is 0.821. The Kier molecular flexibility index (Phi) is 4.93. The van der Waals surface area contributed by atoms with E-state index in [9.17, 15) is 18.7 Å². The first kappa shape index (κ1) is 15.9. The third kappa shape index (κ3) is 3.59. The second-order valence-corrected chi connectivity index (χ2v) is 5.71. The number of ketones is 1. The summed E-state index contributed by atoms with van der Waals surface area (Å²) >= 11 is 0. The lowest BCUT2D eigenvalue weighted by Crippen LogP contribution is -2.50. The summed E-state index contributed by atoms with van der Waals surface area (Å²) in [5.74, 6) is -1.39. The van der Waals surface area contributed by atoms with Crippen molar-refractivity contribution in [2.75, 3.05) is 18.0 Å². The molecular formula is C16H21F2NO2. The van der Waals surface area contributed by atoms with E-state index in [0.29, 0.717) is 38.0 Å². The van der Waals surface area contributed by atoms with E-state index in [0.717, 1.165) is 0 Å². The first-order chi connectivity index (χ1) is 9.92. The normalized spacial score (nSPS) is 16.7. The molecular weight excluding hydrogens is 276 g/mol. The van der Waals surface area contributed by atoms with Gasteiger partial charge in [0.05, 0.1) is 6.10 Å². The highest BCUT2D eigenvalue weighted by atomic mass is 19.1. The zero-order chi connectivity index (χ0) is 15.6. The van der Waals surface area contributed by atoms with Crippen LogP contribution in [0.15, 0.2) is 12.1 Å². The van der Waals surface area contributed by atoms with E-state index >= 15 is 0 Å². The fourth-order valence-corrected chi connectivity index (χ4v) is 2.59. The van der Waals surface area contributed by atoms with Gasteiger partial charge >= 0.3 is 0 Å². The van der Waals surface area contributed by atoms with Gasteiger partial charge in [-0.25, -0.2) is 8.78 Å². The van der Waals surface area contributed by atoms with E-state index in [1.807, 2.05) is 0 Å². The molecule has 1 atom stereocenters. The predicted octanol–water partition coefficient (Wildman–Crippen LogP) is 3.01. The van der Waals surface area contributed by atoms with E-state index in [-0.39, 0.29) is 17.3 Å². The Labute approximate surface area is 123 Å². The van der Waals surface area contributed by atoms with E-state index in [2.05, 4.69) is 0 Å². The third-order valence-corrected chi connectivity index (χ3v) is 4.03. The second-order valence-electron chi connectivity index (χ2n) is 5.71. The van der Waals surface area contributed by atoms with E-state index < -0.39 is 17.7 Å². The number of hydrogen-bond acceptors (Lipinski definition) is 3. The maximum absolute atomic E-state index is 14.2. The quantitative estimate of drug-likeness (QED) is 0.877. The van der Waals surface area contributed by atoms with Crippen molar-refractivity contribution in [2.45, 2.75) is 45.1 Å². The lowest BCUT2D eigenvalue weighted by molar-refractivity contribution is -0.118. The van der Waals surface area contributed by atoms with Crippen molar-refractivity contribution in [2.24, 2.45) is 0 Å². The number of Topliss-reactive ketones (excluding diaryl/α,β-unsaturated/α-hetero) is 1. The number of benzene rings is 1. The Morgan fingerprint density at radius 2 is 1.95 bits per heavy atom. The van der Waals surface area contributed by atoms with Crippen molar-refractivity contribution in [3.05, 3.63) is 29.3 Å². The smallest absolute Gasteiger partial charge is 0.132 e. The van der Waals surface area contributed by atoms with Crippen LogP contribution in [0.3, 0.4) is 0 Å². The third-order valence-electron chi connectivity index (χ3n) is 4.03. The monoisotopic (exact) mass is 297 g/mol. The van der Waals surface area contributed by atoms with Crippen molar-refractivity contribution in [1.29, 1.82) is 0 Å². The van der Waals surface area contributed by atoms with Gasteiger partial charge in [-0.3, -0.25) is 4.79 Å². The number of rotatable bonds is 6. The van der Waals surface area contributed by atoms with Gasteiger partial charge in [0.2, 0.25) is 0 Å². The Balaban J connectivity index is 2.11. The minimum atomic E-state index is -0.581. The van der Waals surface area contributed by atoms with Crippen LogP contribution in [0.1, 0.15) is 44.6 Å². The molecule has 2 rings (SSSR count). The number of nitrogens with zero attached hydrogens (tertiary/aromatic N) is 1. The molecule has 1 aliphatic heterocycles. The molecule has 1 saturated heterocycles. The molecule has 116 valence electrons.